The molecular formula is C15H26N4O. The standard InChI is InChI=1S/C15H26N4O/c1-4-20-13-9-12(10-17-11-13)14(18-16)15(19(2)3)7-5-6-8-15/h9-11,14,18H,4-8,16H2,1-3H3. The van der Waals surface area contributed by atoms with Crippen LogP contribution < -0.4 is 16.0 Å². The number of rotatable bonds is 6. The zero-order valence-corrected chi connectivity index (χ0v) is 12.7. The van der Waals surface area contributed by atoms with Crippen LogP contribution in [0.3, 0.4) is 0 Å². The van der Waals surface area contributed by atoms with Crippen molar-refractivity contribution >= 4 is 0 Å². The van der Waals surface area contributed by atoms with Crippen molar-refractivity contribution in [1.82, 2.24) is 15.3 Å². The molecule has 0 spiro atoms. The number of ether oxygens (including phenoxy) is 1. The number of hydrogen-bond donors (Lipinski definition) is 2. The van der Waals surface area contributed by atoms with Crippen LogP contribution in [-0.4, -0.2) is 36.1 Å². The van der Waals surface area contributed by atoms with E-state index in [1.165, 1.54) is 12.8 Å². The Kier molecular flexibility index (Phi) is 4.96. The van der Waals surface area contributed by atoms with Gasteiger partial charge < -0.3 is 9.64 Å². The van der Waals surface area contributed by atoms with E-state index in [0.717, 1.165) is 24.2 Å². The molecule has 1 saturated carbocycles. The van der Waals surface area contributed by atoms with Crippen molar-refractivity contribution in [3.8, 4) is 5.75 Å². The molecular weight excluding hydrogens is 252 g/mol. The van der Waals surface area contributed by atoms with Gasteiger partial charge in [-0.2, -0.15) is 0 Å². The van der Waals surface area contributed by atoms with Gasteiger partial charge in [-0.3, -0.25) is 16.3 Å². The SMILES string of the molecule is CCOc1cncc(C(NN)C2(N(C)C)CCCC2)c1. The van der Waals surface area contributed by atoms with Gasteiger partial charge in [0.1, 0.15) is 5.75 Å². The van der Waals surface area contributed by atoms with Gasteiger partial charge in [0, 0.05) is 11.7 Å². The van der Waals surface area contributed by atoms with Gasteiger partial charge in [0.2, 0.25) is 0 Å². The first kappa shape index (κ1) is 15.2. The smallest absolute Gasteiger partial charge is 0.137 e. The molecule has 0 aliphatic heterocycles. The van der Waals surface area contributed by atoms with Gasteiger partial charge >= 0.3 is 0 Å². The van der Waals surface area contributed by atoms with Gasteiger partial charge in [-0.25, -0.2) is 0 Å². The molecule has 3 N–H and O–H groups in total. The van der Waals surface area contributed by atoms with Crippen molar-refractivity contribution in [2.24, 2.45) is 5.84 Å². The number of likely N-dealkylation sites (N-methyl/N-ethyl adjacent to an activating group) is 1. The van der Waals surface area contributed by atoms with Crippen LogP contribution in [0, 0.1) is 0 Å². The monoisotopic (exact) mass is 278 g/mol. The first-order chi connectivity index (χ1) is 9.64. The van der Waals surface area contributed by atoms with Crippen molar-refractivity contribution in [2.45, 2.75) is 44.2 Å². The largest absolute Gasteiger partial charge is 0.492 e. The average Bonchev–Trinajstić information content (AvgIpc) is 2.91. The third-order valence-electron chi connectivity index (χ3n) is 4.44. The number of pyridine rings is 1. The third kappa shape index (κ3) is 2.80. The van der Waals surface area contributed by atoms with E-state index < -0.39 is 0 Å². The Morgan fingerprint density at radius 2 is 2.10 bits per heavy atom. The average molecular weight is 278 g/mol. The lowest BCUT2D eigenvalue weighted by molar-refractivity contribution is 0.104. The van der Waals surface area contributed by atoms with E-state index in [0.29, 0.717) is 6.61 Å². The molecule has 1 aromatic heterocycles. The number of aromatic nitrogens is 1. The van der Waals surface area contributed by atoms with E-state index in [9.17, 15) is 0 Å². The number of nitrogens with zero attached hydrogens (tertiary/aromatic N) is 2. The molecule has 1 unspecified atom stereocenters. The highest BCUT2D eigenvalue weighted by Crippen LogP contribution is 2.43. The van der Waals surface area contributed by atoms with Crippen LogP contribution in [0.2, 0.25) is 0 Å². The molecule has 0 bridgehead atoms. The Labute approximate surface area is 121 Å². The summed E-state index contributed by atoms with van der Waals surface area (Å²) in [5.41, 5.74) is 4.16. The van der Waals surface area contributed by atoms with Crippen molar-refractivity contribution in [3.05, 3.63) is 24.0 Å². The number of nitrogens with two attached hydrogens (primary N) is 1. The van der Waals surface area contributed by atoms with E-state index in [4.69, 9.17) is 10.6 Å². The molecule has 5 nitrogen and oxygen atoms in total. The number of nitrogens with one attached hydrogen (secondary N) is 1. The lowest BCUT2D eigenvalue weighted by atomic mass is 9.83. The van der Waals surface area contributed by atoms with E-state index in [1.807, 2.05) is 19.2 Å². The highest BCUT2D eigenvalue weighted by Gasteiger charge is 2.43. The van der Waals surface area contributed by atoms with Gasteiger partial charge in [0.25, 0.3) is 0 Å². The molecule has 112 valence electrons. The Morgan fingerprint density at radius 3 is 2.65 bits per heavy atom. The Hall–Kier alpha value is -1.17. The normalized spacial score (nSPS) is 19.2. The Balaban J connectivity index is 2.33. The maximum atomic E-state index is 5.89. The Morgan fingerprint density at radius 1 is 1.40 bits per heavy atom. The topological polar surface area (TPSA) is 63.4 Å². The zero-order valence-electron chi connectivity index (χ0n) is 12.7. The van der Waals surface area contributed by atoms with E-state index in [2.05, 4.69) is 29.4 Å². The molecule has 2 rings (SSSR count). The predicted molar refractivity (Wildman–Crippen MR) is 80.4 cm³/mol. The second kappa shape index (κ2) is 6.52. The molecule has 0 radical (unpaired) electrons. The minimum atomic E-state index is 0.0568. The van der Waals surface area contributed by atoms with Gasteiger partial charge in [0.05, 0.1) is 18.8 Å². The minimum absolute atomic E-state index is 0.0568. The zero-order chi connectivity index (χ0) is 14.6. The quantitative estimate of drug-likeness (QED) is 0.614. The summed E-state index contributed by atoms with van der Waals surface area (Å²) in [5, 5.41) is 0. The Bertz CT molecular complexity index is 430. The van der Waals surface area contributed by atoms with Crippen LogP contribution in [-0.2, 0) is 0 Å². The van der Waals surface area contributed by atoms with Crippen LogP contribution in [0.5, 0.6) is 5.75 Å². The van der Waals surface area contributed by atoms with Gasteiger partial charge in [-0.05, 0) is 45.5 Å². The first-order valence-corrected chi connectivity index (χ1v) is 7.35. The van der Waals surface area contributed by atoms with Crippen molar-refractivity contribution in [2.75, 3.05) is 20.7 Å². The molecule has 0 amide bonds. The molecule has 20 heavy (non-hydrogen) atoms. The number of hydrogen-bond acceptors (Lipinski definition) is 5. The third-order valence-corrected chi connectivity index (χ3v) is 4.44. The van der Waals surface area contributed by atoms with Crippen molar-refractivity contribution in [3.63, 3.8) is 0 Å². The molecule has 1 aliphatic carbocycles. The highest BCUT2D eigenvalue weighted by atomic mass is 16.5. The second-order valence-corrected chi connectivity index (χ2v) is 5.69. The number of hydrazine groups is 1. The molecule has 0 saturated heterocycles. The lowest BCUT2D eigenvalue weighted by Crippen LogP contribution is -2.53. The van der Waals surface area contributed by atoms with Crippen LogP contribution in [0.15, 0.2) is 18.5 Å². The summed E-state index contributed by atoms with van der Waals surface area (Å²) in [6.07, 6.45) is 8.42. The van der Waals surface area contributed by atoms with E-state index >= 15 is 0 Å². The molecule has 1 heterocycles. The fraction of sp³-hybridized carbons (Fsp3) is 0.667. The summed E-state index contributed by atoms with van der Waals surface area (Å²) < 4.78 is 5.55. The van der Waals surface area contributed by atoms with Gasteiger partial charge in [-0.1, -0.05) is 12.8 Å². The van der Waals surface area contributed by atoms with Crippen LogP contribution >= 0.6 is 0 Å². The van der Waals surface area contributed by atoms with Gasteiger partial charge in [0.15, 0.2) is 0 Å². The van der Waals surface area contributed by atoms with Gasteiger partial charge in [-0.15, -0.1) is 0 Å². The van der Waals surface area contributed by atoms with E-state index in [1.54, 1.807) is 6.20 Å². The van der Waals surface area contributed by atoms with Crippen LogP contribution in [0.4, 0.5) is 0 Å². The second-order valence-electron chi connectivity index (χ2n) is 5.69. The summed E-state index contributed by atoms with van der Waals surface area (Å²) in [6, 6.07) is 2.11. The predicted octanol–water partition coefficient (Wildman–Crippen LogP) is 1.86. The van der Waals surface area contributed by atoms with Crippen LogP contribution in [0.25, 0.3) is 0 Å². The molecule has 0 aromatic carbocycles. The molecule has 5 heteroatoms. The maximum Gasteiger partial charge on any atom is 0.137 e. The molecule has 1 atom stereocenters. The van der Waals surface area contributed by atoms with Crippen molar-refractivity contribution < 1.29 is 4.74 Å². The fourth-order valence-electron chi connectivity index (χ4n) is 3.38. The van der Waals surface area contributed by atoms with Crippen molar-refractivity contribution in [1.29, 1.82) is 0 Å². The minimum Gasteiger partial charge on any atom is -0.492 e. The lowest BCUT2D eigenvalue weighted by Gasteiger charge is -2.43. The summed E-state index contributed by atoms with van der Waals surface area (Å²) in [5.74, 6) is 6.69. The summed E-state index contributed by atoms with van der Waals surface area (Å²) in [4.78, 5) is 6.60. The molecule has 1 aromatic rings. The fourth-order valence-corrected chi connectivity index (χ4v) is 3.38. The van der Waals surface area contributed by atoms with Crippen LogP contribution in [0.1, 0.15) is 44.2 Å². The molecule has 1 aliphatic rings. The highest BCUT2D eigenvalue weighted by molar-refractivity contribution is 5.29. The first-order valence-electron chi connectivity index (χ1n) is 7.35. The maximum absolute atomic E-state index is 5.89. The summed E-state index contributed by atoms with van der Waals surface area (Å²) in [6.45, 7) is 2.62. The summed E-state index contributed by atoms with van der Waals surface area (Å²) >= 11 is 0. The molecule has 1 fully saturated rings. The summed E-state index contributed by atoms with van der Waals surface area (Å²) in [7, 11) is 4.27. The van der Waals surface area contributed by atoms with E-state index in [-0.39, 0.29) is 11.6 Å².